The second-order valence-corrected chi connectivity index (χ2v) is 6.76. The number of nitrogens with zero attached hydrogens (tertiary/aromatic N) is 1. The van der Waals surface area contributed by atoms with Crippen LogP contribution < -0.4 is 0 Å². The van der Waals surface area contributed by atoms with Crippen LogP contribution in [0.15, 0.2) is 0 Å². The highest BCUT2D eigenvalue weighted by Crippen LogP contribution is 2.38. The van der Waals surface area contributed by atoms with Gasteiger partial charge in [0.15, 0.2) is 0 Å². The first-order valence-electron chi connectivity index (χ1n) is 7.55. The third-order valence-corrected chi connectivity index (χ3v) is 4.60. The third-order valence-electron chi connectivity index (χ3n) is 4.60. The van der Waals surface area contributed by atoms with Crippen molar-refractivity contribution in [1.82, 2.24) is 4.90 Å². The molecule has 0 bridgehead atoms. The molecule has 2 aliphatic rings. The SMILES string of the molecule is CCOC1CCCN(C2CC(C)(C)CCC2O)C1. The Hall–Kier alpha value is -0.120. The van der Waals surface area contributed by atoms with Crippen molar-refractivity contribution in [2.24, 2.45) is 5.41 Å². The van der Waals surface area contributed by atoms with E-state index < -0.39 is 0 Å². The molecule has 3 nitrogen and oxygen atoms in total. The lowest BCUT2D eigenvalue weighted by Gasteiger charge is -2.46. The minimum Gasteiger partial charge on any atom is -0.391 e. The Kier molecular flexibility index (Phi) is 4.68. The highest BCUT2D eigenvalue weighted by Gasteiger charge is 2.38. The predicted molar refractivity (Wildman–Crippen MR) is 73.6 cm³/mol. The Bertz CT molecular complexity index is 265. The fourth-order valence-corrected chi connectivity index (χ4v) is 3.55. The minimum absolute atomic E-state index is 0.140. The summed E-state index contributed by atoms with van der Waals surface area (Å²) < 4.78 is 5.77. The summed E-state index contributed by atoms with van der Waals surface area (Å²) >= 11 is 0. The number of rotatable bonds is 3. The summed E-state index contributed by atoms with van der Waals surface area (Å²) in [4.78, 5) is 2.48. The van der Waals surface area contributed by atoms with Crippen molar-refractivity contribution in [3.63, 3.8) is 0 Å². The van der Waals surface area contributed by atoms with Gasteiger partial charge in [-0.25, -0.2) is 0 Å². The van der Waals surface area contributed by atoms with Gasteiger partial charge in [0.25, 0.3) is 0 Å². The number of aliphatic hydroxyl groups excluding tert-OH is 1. The number of hydrogen-bond acceptors (Lipinski definition) is 3. The molecule has 2 rings (SSSR count). The zero-order valence-corrected chi connectivity index (χ0v) is 12.2. The molecule has 1 heterocycles. The van der Waals surface area contributed by atoms with E-state index >= 15 is 0 Å². The van der Waals surface area contributed by atoms with E-state index in [9.17, 15) is 5.11 Å². The van der Waals surface area contributed by atoms with Crippen LogP contribution in [0.5, 0.6) is 0 Å². The van der Waals surface area contributed by atoms with Crippen molar-refractivity contribution >= 4 is 0 Å². The van der Waals surface area contributed by atoms with E-state index in [0.717, 1.165) is 39.0 Å². The summed E-state index contributed by atoms with van der Waals surface area (Å²) in [5.41, 5.74) is 0.377. The van der Waals surface area contributed by atoms with Crippen molar-refractivity contribution in [2.75, 3.05) is 19.7 Å². The highest BCUT2D eigenvalue weighted by atomic mass is 16.5. The summed E-state index contributed by atoms with van der Waals surface area (Å²) in [7, 11) is 0. The maximum Gasteiger partial charge on any atom is 0.0702 e. The summed E-state index contributed by atoms with van der Waals surface area (Å²) in [6, 6.07) is 0.344. The normalized spacial score (nSPS) is 37.7. The van der Waals surface area contributed by atoms with Crippen LogP contribution in [0.1, 0.15) is 52.9 Å². The monoisotopic (exact) mass is 255 g/mol. The molecule has 3 heteroatoms. The van der Waals surface area contributed by atoms with Gasteiger partial charge in [-0.15, -0.1) is 0 Å². The molecule has 18 heavy (non-hydrogen) atoms. The van der Waals surface area contributed by atoms with Gasteiger partial charge in [0.05, 0.1) is 12.2 Å². The number of ether oxygens (including phenoxy) is 1. The van der Waals surface area contributed by atoms with Gasteiger partial charge < -0.3 is 9.84 Å². The molecule has 3 atom stereocenters. The van der Waals surface area contributed by atoms with Gasteiger partial charge in [-0.3, -0.25) is 4.90 Å². The fourth-order valence-electron chi connectivity index (χ4n) is 3.55. The van der Waals surface area contributed by atoms with Crippen LogP contribution >= 0.6 is 0 Å². The van der Waals surface area contributed by atoms with E-state index in [0.29, 0.717) is 17.6 Å². The first-order chi connectivity index (χ1) is 8.52. The highest BCUT2D eigenvalue weighted by molar-refractivity contribution is 4.92. The third kappa shape index (κ3) is 3.46. The molecule has 0 radical (unpaired) electrons. The Morgan fingerprint density at radius 2 is 2.11 bits per heavy atom. The molecule has 2 fully saturated rings. The van der Waals surface area contributed by atoms with Crippen LogP contribution in [0.25, 0.3) is 0 Å². The summed E-state index contributed by atoms with van der Waals surface area (Å²) in [5.74, 6) is 0. The summed E-state index contributed by atoms with van der Waals surface area (Å²) in [6.45, 7) is 9.66. The largest absolute Gasteiger partial charge is 0.391 e. The van der Waals surface area contributed by atoms with Gasteiger partial charge in [-0.05, 0) is 51.0 Å². The van der Waals surface area contributed by atoms with E-state index in [1.165, 1.54) is 12.8 Å². The Morgan fingerprint density at radius 3 is 2.83 bits per heavy atom. The van der Waals surface area contributed by atoms with Crippen LogP contribution in [0, 0.1) is 5.41 Å². The molecular formula is C15H29NO2. The summed E-state index contributed by atoms with van der Waals surface area (Å²) in [6.07, 6.45) is 5.83. The molecule has 0 aromatic rings. The van der Waals surface area contributed by atoms with Crippen molar-refractivity contribution in [3.8, 4) is 0 Å². The molecule has 0 aromatic carbocycles. The molecule has 1 aliphatic heterocycles. The average molecular weight is 255 g/mol. The summed E-state index contributed by atoms with van der Waals surface area (Å²) in [5, 5.41) is 10.3. The zero-order chi connectivity index (χ0) is 13.2. The standard InChI is InChI=1S/C15H29NO2/c1-4-18-12-6-5-9-16(11-12)13-10-15(2,3)8-7-14(13)17/h12-14,17H,4-11H2,1-3H3. The molecule has 1 aliphatic carbocycles. The second kappa shape index (κ2) is 5.89. The van der Waals surface area contributed by atoms with Gasteiger partial charge in [0.1, 0.15) is 0 Å². The lowest BCUT2D eigenvalue weighted by atomic mass is 9.73. The van der Waals surface area contributed by atoms with Crippen molar-refractivity contribution < 1.29 is 9.84 Å². The van der Waals surface area contributed by atoms with Gasteiger partial charge in [0, 0.05) is 19.2 Å². The molecule has 106 valence electrons. The average Bonchev–Trinajstić information content (AvgIpc) is 2.33. The molecule has 3 unspecified atom stereocenters. The first kappa shape index (κ1) is 14.3. The van der Waals surface area contributed by atoms with E-state index in [1.807, 2.05) is 0 Å². The minimum atomic E-state index is -0.140. The quantitative estimate of drug-likeness (QED) is 0.840. The van der Waals surface area contributed by atoms with E-state index in [-0.39, 0.29) is 6.10 Å². The molecular weight excluding hydrogens is 226 g/mol. The smallest absolute Gasteiger partial charge is 0.0702 e. The number of piperidine rings is 1. The van der Waals surface area contributed by atoms with Gasteiger partial charge in [-0.2, -0.15) is 0 Å². The van der Waals surface area contributed by atoms with Gasteiger partial charge in [-0.1, -0.05) is 13.8 Å². The number of aliphatic hydroxyl groups is 1. The van der Waals surface area contributed by atoms with Crippen molar-refractivity contribution in [3.05, 3.63) is 0 Å². The first-order valence-corrected chi connectivity index (χ1v) is 7.55. The van der Waals surface area contributed by atoms with Crippen LogP contribution in [0.3, 0.4) is 0 Å². The van der Waals surface area contributed by atoms with Gasteiger partial charge in [0.2, 0.25) is 0 Å². The van der Waals surface area contributed by atoms with E-state index in [1.54, 1.807) is 0 Å². The Morgan fingerprint density at radius 1 is 1.33 bits per heavy atom. The second-order valence-electron chi connectivity index (χ2n) is 6.76. The molecule has 1 N–H and O–H groups in total. The lowest BCUT2D eigenvalue weighted by Crippen LogP contribution is -2.53. The maximum absolute atomic E-state index is 10.3. The molecule has 1 saturated carbocycles. The fraction of sp³-hybridized carbons (Fsp3) is 1.00. The zero-order valence-electron chi connectivity index (χ0n) is 12.2. The van der Waals surface area contributed by atoms with E-state index in [4.69, 9.17) is 4.74 Å². The topological polar surface area (TPSA) is 32.7 Å². The Labute approximate surface area is 112 Å². The van der Waals surface area contributed by atoms with Crippen LogP contribution in [0.4, 0.5) is 0 Å². The van der Waals surface area contributed by atoms with Crippen molar-refractivity contribution in [2.45, 2.75) is 71.1 Å². The lowest BCUT2D eigenvalue weighted by molar-refractivity contribution is -0.0611. The predicted octanol–water partition coefficient (Wildman–Crippen LogP) is 2.43. The molecule has 0 aromatic heterocycles. The van der Waals surface area contributed by atoms with Crippen LogP contribution in [-0.4, -0.2) is 48.0 Å². The molecule has 0 amide bonds. The Balaban J connectivity index is 1.96. The van der Waals surface area contributed by atoms with E-state index in [2.05, 4.69) is 25.7 Å². The maximum atomic E-state index is 10.3. The van der Waals surface area contributed by atoms with Crippen molar-refractivity contribution in [1.29, 1.82) is 0 Å². The number of likely N-dealkylation sites (tertiary alicyclic amines) is 1. The number of hydrogen-bond donors (Lipinski definition) is 1. The molecule has 1 saturated heterocycles. The van der Waals surface area contributed by atoms with Gasteiger partial charge >= 0.3 is 0 Å². The van der Waals surface area contributed by atoms with Crippen LogP contribution in [0.2, 0.25) is 0 Å². The van der Waals surface area contributed by atoms with Crippen LogP contribution in [-0.2, 0) is 4.74 Å². The molecule has 0 spiro atoms.